The molecule has 8 nitrogen and oxygen atoms in total. The van der Waals surface area contributed by atoms with Crippen molar-refractivity contribution in [2.45, 2.75) is 31.5 Å². The highest BCUT2D eigenvalue weighted by molar-refractivity contribution is 5.32. The van der Waals surface area contributed by atoms with Gasteiger partial charge >= 0.3 is 0 Å². The van der Waals surface area contributed by atoms with Gasteiger partial charge in [0, 0.05) is 32.8 Å². The maximum atomic E-state index is 5.80. The van der Waals surface area contributed by atoms with Gasteiger partial charge in [-0.25, -0.2) is 4.68 Å². The second-order valence-electron chi connectivity index (χ2n) is 7.37. The lowest BCUT2D eigenvalue weighted by Gasteiger charge is -2.37. The number of tetrazole rings is 1. The van der Waals surface area contributed by atoms with E-state index in [1.807, 2.05) is 16.8 Å². The molecule has 0 radical (unpaired) electrons. The third kappa shape index (κ3) is 4.12. The van der Waals surface area contributed by atoms with Crippen LogP contribution in [0.2, 0.25) is 0 Å². The summed E-state index contributed by atoms with van der Waals surface area (Å²) < 4.78 is 13.1. The van der Waals surface area contributed by atoms with Gasteiger partial charge in [-0.05, 0) is 48.0 Å². The molecule has 2 fully saturated rings. The third-order valence-electron chi connectivity index (χ3n) is 5.54. The molecule has 146 valence electrons. The van der Waals surface area contributed by atoms with Crippen molar-refractivity contribution in [1.82, 2.24) is 30.0 Å². The molecule has 0 amide bonds. The number of piperazine rings is 1. The van der Waals surface area contributed by atoms with Crippen LogP contribution in [0.3, 0.4) is 0 Å². The van der Waals surface area contributed by atoms with Crippen LogP contribution in [-0.4, -0.2) is 83.1 Å². The Morgan fingerprint density at radius 3 is 2.63 bits per heavy atom. The number of likely N-dealkylation sites (N-methyl/N-ethyl adjacent to an activating group) is 1. The number of nitrogens with zero attached hydrogens (tertiary/aromatic N) is 6. The van der Waals surface area contributed by atoms with Crippen molar-refractivity contribution in [3.63, 3.8) is 0 Å². The molecule has 2 aliphatic heterocycles. The Morgan fingerprint density at radius 2 is 1.96 bits per heavy atom. The molecule has 1 aromatic carbocycles. The van der Waals surface area contributed by atoms with E-state index in [-0.39, 0.29) is 12.1 Å². The topological polar surface area (TPSA) is 68.5 Å². The molecule has 3 heterocycles. The van der Waals surface area contributed by atoms with Gasteiger partial charge in [-0.1, -0.05) is 12.1 Å². The van der Waals surface area contributed by atoms with Crippen LogP contribution in [0.25, 0.3) is 0 Å². The number of hydrogen-bond donors (Lipinski definition) is 0. The van der Waals surface area contributed by atoms with E-state index >= 15 is 0 Å². The molecule has 2 unspecified atom stereocenters. The highest BCUT2D eigenvalue weighted by Gasteiger charge is 2.31. The molecule has 8 heteroatoms. The monoisotopic (exact) mass is 372 g/mol. The first kappa shape index (κ1) is 18.3. The summed E-state index contributed by atoms with van der Waals surface area (Å²) in [5, 5.41) is 12.7. The molecular weight excluding hydrogens is 344 g/mol. The van der Waals surface area contributed by atoms with Crippen molar-refractivity contribution < 1.29 is 9.47 Å². The third-order valence-corrected chi connectivity index (χ3v) is 5.54. The molecule has 0 N–H and O–H groups in total. The summed E-state index contributed by atoms with van der Waals surface area (Å²) in [6.07, 6.45) is 2.39. The van der Waals surface area contributed by atoms with Gasteiger partial charge in [-0.2, -0.15) is 0 Å². The smallest absolute Gasteiger partial charge is 0.173 e. The Balaban J connectivity index is 1.64. The first-order valence-corrected chi connectivity index (χ1v) is 9.69. The normalized spacial score (nSPS) is 22.8. The summed E-state index contributed by atoms with van der Waals surface area (Å²) in [5.74, 6) is 1.75. The number of aromatic nitrogens is 4. The maximum absolute atomic E-state index is 5.80. The van der Waals surface area contributed by atoms with E-state index in [0.29, 0.717) is 6.54 Å². The summed E-state index contributed by atoms with van der Waals surface area (Å²) in [6, 6.07) is 8.28. The van der Waals surface area contributed by atoms with E-state index in [9.17, 15) is 0 Å². The summed E-state index contributed by atoms with van der Waals surface area (Å²) >= 11 is 0. The van der Waals surface area contributed by atoms with Gasteiger partial charge in [0.05, 0.1) is 25.8 Å². The van der Waals surface area contributed by atoms with Crippen LogP contribution in [0, 0.1) is 0 Å². The molecule has 1 aromatic heterocycles. The van der Waals surface area contributed by atoms with Gasteiger partial charge in [0.15, 0.2) is 5.82 Å². The zero-order valence-electron chi connectivity index (χ0n) is 16.1. The zero-order valence-corrected chi connectivity index (χ0v) is 16.1. The molecule has 4 rings (SSSR count). The van der Waals surface area contributed by atoms with Gasteiger partial charge in [0.25, 0.3) is 0 Å². The van der Waals surface area contributed by atoms with E-state index in [1.54, 1.807) is 7.11 Å². The van der Waals surface area contributed by atoms with Crippen LogP contribution in [0.5, 0.6) is 5.75 Å². The van der Waals surface area contributed by atoms with Crippen molar-refractivity contribution in [3.8, 4) is 5.75 Å². The number of ether oxygens (including phenoxy) is 2. The molecule has 0 bridgehead atoms. The Bertz CT molecular complexity index is 720. The Morgan fingerprint density at radius 1 is 1.19 bits per heavy atom. The zero-order chi connectivity index (χ0) is 18.6. The maximum Gasteiger partial charge on any atom is 0.173 e. The van der Waals surface area contributed by atoms with Gasteiger partial charge < -0.3 is 14.4 Å². The standard InChI is InChI=1S/C19H28N6O2/c1-23-9-11-24(12-10-23)18(15-5-7-16(26-2)8-6-15)19-20-21-22-25(19)14-17-4-3-13-27-17/h5-8,17-18H,3-4,9-14H2,1-2H3. The van der Waals surface area contributed by atoms with Gasteiger partial charge in [-0.3, -0.25) is 4.90 Å². The SMILES string of the molecule is COc1ccc(C(c2nnnn2CC2CCCO2)N2CCN(C)CC2)cc1. The average Bonchev–Trinajstić information content (AvgIpc) is 3.37. The minimum absolute atomic E-state index is 0.0287. The predicted molar refractivity (Wildman–Crippen MR) is 101 cm³/mol. The summed E-state index contributed by atoms with van der Waals surface area (Å²) in [5.41, 5.74) is 1.18. The van der Waals surface area contributed by atoms with Crippen molar-refractivity contribution in [2.24, 2.45) is 0 Å². The van der Waals surface area contributed by atoms with E-state index in [4.69, 9.17) is 9.47 Å². The van der Waals surface area contributed by atoms with Gasteiger partial charge in [0.1, 0.15) is 5.75 Å². The molecule has 0 aliphatic carbocycles. The predicted octanol–water partition coefficient (Wildman–Crippen LogP) is 1.20. The minimum atomic E-state index is 0.0287. The molecular formula is C19H28N6O2. The molecule has 0 saturated carbocycles. The van der Waals surface area contributed by atoms with Gasteiger partial charge in [-0.15, -0.1) is 5.10 Å². The number of methoxy groups -OCH3 is 1. The van der Waals surface area contributed by atoms with Crippen molar-refractivity contribution in [1.29, 1.82) is 0 Å². The fourth-order valence-electron chi connectivity index (χ4n) is 3.91. The molecule has 2 saturated heterocycles. The molecule has 2 atom stereocenters. The van der Waals surface area contributed by atoms with E-state index in [0.717, 1.165) is 57.2 Å². The molecule has 27 heavy (non-hydrogen) atoms. The lowest BCUT2D eigenvalue weighted by atomic mass is 10.0. The van der Waals surface area contributed by atoms with Crippen LogP contribution in [0.4, 0.5) is 0 Å². The fraction of sp³-hybridized carbons (Fsp3) is 0.632. The van der Waals surface area contributed by atoms with Gasteiger partial charge in [0.2, 0.25) is 0 Å². The lowest BCUT2D eigenvalue weighted by Crippen LogP contribution is -2.46. The minimum Gasteiger partial charge on any atom is -0.497 e. The largest absolute Gasteiger partial charge is 0.497 e. The van der Waals surface area contributed by atoms with E-state index < -0.39 is 0 Å². The summed E-state index contributed by atoms with van der Waals surface area (Å²) in [7, 11) is 3.86. The van der Waals surface area contributed by atoms with Crippen LogP contribution < -0.4 is 4.74 Å². The lowest BCUT2D eigenvalue weighted by molar-refractivity contribution is 0.0879. The van der Waals surface area contributed by atoms with Crippen LogP contribution in [0.1, 0.15) is 30.3 Å². The van der Waals surface area contributed by atoms with Crippen LogP contribution >= 0.6 is 0 Å². The highest BCUT2D eigenvalue weighted by atomic mass is 16.5. The Labute approximate surface area is 160 Å². The summed E-state index contributed by atoms with van der Waals surface area (Å²) in [4.78, 5) is 4.83. The second-order valence-corrected chi connectivity index (χ2v) is 7.37. The van der Waals surface area contributed by atoms with Crippen LogP contribution in [-0.2, 0) is 11.3 Å². The van der Waals surface area contributed by atoms with Crippen LogP contribution in [0.15, 0.2) is 24.3 Å². The first-order valence-electron chi connectivity index (χ1n) is 9.69. The quantitative estimate of drug-likeness (QED) is 0.755. The Kier molecular flexibility index (Phi) is 5.66. The van der Waals surface area contributed by atoms with Crippen molar-refractivity contribution in [3.05, 3.63) is 35.7 Å². The average molecular weight is 372 g/mol. The van der Waals surface area contributed by atoms with E-state index in [2.05, 4.69) is 44.5 Å². The first-order chi connectivity index (χ1) is 13.2. The fourth-order valence-corrected chi connectivity index (χ4v) is 3.91. The van der Waals surface area contributed by atoms with Crippen molar-refractivity contribution >= 4 is 0 Å². The highest BCUT2D eigenvalue weighted by Crippen LogP contribution is 2.29. The van der Waals surface area contributed by atoms with E-state index in [1.165, 1.54) is 5.56 Å². The number of hydrogen-bond acceptors (Lipinski definition) is 7. The Hall–Kier alpha value is -2.03. The van der Waals surface area contributed by atoms with Crippen molar-refractivity contribution in [2.75, 3.05) is 46.9 Å². The molecule has 2 aromatic rings. The number of rotatable bonds is 6. The number of benzene rings is 1. The molecule has 2 aliphatic rings. The summed E-state index contributed by atoms with van der Waals surface area (Å²) in [6.45, 7) is 5.60. The molecule has 0 spiro atoms. The second kappa shape index (κ2) is 8.33.